The lowest BCUT2D eigenvalue weighted by atomic mass is 10.1. The Labute approximate surface area is 67.7 Å². The van der Waals surface area contributed by atoms with Crippen molar-refractivity contribution in [3.8, 4) is 0 Å². The maximum Gasteiger partial charge on any atom is 0.0556 e. The van der Waals surface area contributed by atoms with Gasteiger partial charge in [-0.1, -0.05) is 0 Å². The first kappa shape index (κ1) is 8.97. The van der Waals surface area contributed by atoms with Crippen LogP contribution >= 0.6 is 0 Å². The molecule has 11 heavy (non-hydrogen) atoms. The molecule has 0 bridgehead atoms. The molecular weight excluding hydrogens is 142 g/mol. The van der Waals surface area contributed by atoms with E-state index in [-0.39, 0.29) is 6.61 Å². The molecule has 0 aromatic heterocycles. The van der Waals surface area contributed by atoms with Crippen molar-refractivity contribution in [2.24, 2.45) is 0 Å². The summed E-state index contributed by atoms with van der Waals surface area (Å²) in [5.41, 5.74) is 0. The Balaban J connectivity index is 2.09. The van der Waals surface area contributed by atoms with Gasteiger partial charge in [0.1, 0.15) is 0 Å². The minimum atomic E-state index is 0.233. The molecule has 0 saturated carbocycles. The minimum absolute atomic E-state index is 0.233. The van der Waals surface area contributed by atoms with Gasteiger partial charge in [-0.15, -0.1) is 0 Å². The van der Waals surface area contributed by atoms with Crippen LogP contribution in [0.2, 0.25) is 0 Å². The summed E-state index contributed by atoms with van der Waals surface area (Å²) in [5.74, 6) is 0. The summed E-state index contributed by atoms with van der Waals surface area (Å²) in [5, 5.41) is 11.9. The van der Waals surface area contributed by atoms with Crippen molar-refractivity contribution in [3.63, 3.8) is 0 Å². The SMILES string of the molecule is OCCNC1CCCOCC1. The Hall–Kier alpha value is -0.120. The van der Waals surface area contributed by atoms with Crippen LogP contribution in [-0.2, 0) is 4.74 Å². The van der Waals surface area contributed by atoms with Gasteiger partial charge in [0.05, 0.1) is 6.61 Å². The maximum absolute atomic E-state index is 8.57. The van der Waals surface area contributed by atoms with Crippen molar-refractivity contribution in [1.29, 1.82) is 0 Å². The van der Waals surface area contributed by atoms with E-state index in [9.17, 15) is 0 Å². The number of ether oxygens (including phenoxy) is 1. The molecule has 0 aliphatic carbocycles. The molecular formula is C8H17NO2. The van der Waals surface area contributed by atoms with Crippen LogP contribution in [0.15, 0.2) is 0 Å². The highest BCUT2D eigenvalue weighted by Gasteiger charge is 2.10. The quantitative estimate of drug-likeness (QED) is 0.615. The van der Waals surface area contributed by atoms with E-state index in [4.69, 9.17) is 9.84 Å². The first-order valence-electron chi connectivity index (χ1n) is 4.35. The van der Waals surface area contributed by atoms with Gasteiger partial charge in [-0.2, -0.15) is 0 Å². The van der Waals surface area contributed by atoms with Crippen LogP contribution in [0.4, 0.5) is 0 Å². The zero-order valence-electron chi connectivity index (χ0n) is 6.88. The Bertz CT molecular complexity index is 90.1. The first-order valence-corrected chi connectivity index (χ1v) is 4.35. The number of nitrogens with one attached hydrogen (secondary N) is 1. The molecule has 1 aliphatic rings. The molecule has 1 aliphatic heterocycles. The molecule has 0 spiro atoms. The van der Waals surface area contributed by atoms with E-state index in [0.29, 0.717) is 12.6 Å². The maximum atomic E-state index is 8.57. The molecule has 0 aromatic rings. The standard InChI is InChI=1S/C8H17NO2/c10-5-4-9-8-2-1-6-11-7-3-8/h8-10H,1-7H2. The molecule has 2 N–H and O–H groups in total. The first-order chi connectivity index (χ1) is 5.43. The van der Waals surface area contributed by atoms with Gasteiger partial charge in [-0.3, -0.25) is 0 Å². The predicted octanol–water partition coefficient (Wildman–Crippen LogP) is 0.137. The molecule has 0 amide bonds. The van der Waals surface area contributed by atoms with Crippen molar-refractivity contribution in [2.75, 3.05) is 26.4 Å². The summed E-state index contributed by atoms with van der Waals surface area (Å²) in [7, 11) is 0. The summed E-state index contributed by atoms with van der Waals surface area (Å²) < 4.78 is 5.30. The minimum Gasteiger partial charge on any atom is -0.395 e. The third-order valence-corrected chi connectivity index (χ3v) is 2.00. The number of aliphatic hydroxyl groups is 1. The lowest BCUT2D eigenvalue weighted by Gasteiger charge is -2.13. The molecule has 1 atom stereocenters. The largest absolute Gasteiger partial charge is 0.395 e. The van der Waals surface area contributed by atoms with E-state index in [0.717, 1.165) is 26.1 Å². The van der Waals surface area contributed by atoms with Gasteiger partial charge in [-0.05, 0) is 19.3 Å². The Morgan fingerprint density at radius 1 is 1.36 bits per heavy atom. The van der Waals surface area contributed by atoms with Crippen molar-refractivity contribution in [1.82, 2.24) is 5.32 Å². The Kier molecular flexibility index (Phi) is 4.50. The molecule has 3 nitrogen and oxygen atoms in total. The molecule has 66 valence electrons. The predicted molar refractivity (Wildman–Crippen MR) is 43.5 cm³/mol. The lowest BCUT2D eigenvalue weighted by Crippen LogP contribution is -2.31. The summed E-state index contributed by atoms with van der Waals surface area (Å²) >= 11 is 0. The number of rotatable bonds is 3. The topological polar surface area (TPSA) is 41.5 Å². The van der Waals surface area contributed by atoms with Gasteiger partial charge in [0.15, 0.2) is 0 Å². The fourth-order valence-corrected chi connectivity index (χ4v) is 1.38. The number of hydrogen-bond acceptors (Lipinski definition) is 3. The van der Waals surface area contributed by atoms with Gasteiger partial charge in [0, 0.05) is 25.8 Å². The third kappa shape index (κ3) is 3.70. The normalized spacial score (nSPS) is 26.5. The Morgan fingerprint density at radius 2 is 2.27 bits per heavy atom. The van der Waals surface area contributed by atoms with Crippen molar-refractivity contribution >= 4 is 0 Å². The summed E-state index contributed by atoms with van der Waals surface area (Å²) in [6.07, 6.45) is 3.41. The second-order valence-corrected chi connectivity index (χ2v) is 2.92. The van der Waals surface area contributed by atoms with Gasteiger partial charge >= 0.3 is 0 Å². The summed E-state index contributed by atoms with van der Waals surface area (Å²) in [4.78, 5) is 0. The summed E-state index contributed by atoms with van der Waals surface area (Å²) in [6.45, 7) is 2.71. The molecule has 1 rings (SSSR count). The van der Waals surface area contributed by atoms with Crippen LogP contribution in [0.1, 0.15) is 19.3 Å². The average Bonchev–Trinajstić information content (AvgIpc) is 2.28. The van der Waals surface area contributed by atoms with Crippen LogP contribution in [0.25, 0.3) is 0 Å². The highest BCUT2D eigenvalue weighted by Crippen LogP contribution is 2.07. The zero-order valence-corrected chi connectivity index (χ0v) is 6.88. The monoisotopic (exact) mass is 159 g/mol. The van der Waals surface area contributed by atoms with E-state index < -0.39 is 0 Å². The molecule has 1 heterocycles. The van der Waals surface area contributed by atoms with E-state index in [1.54, 1.807) is 0 Å². The van der Waals surface area contributed by atoms with Crippen LogP contribution in [0.3, 0.4) is 0 Å². The van der Waals surface area contributed by atoms with E-state index in [2.05, 4.69) is 5.32 Å². The van der Waals surface area contributed by atoms with Crippen LogP contribution in [0.5, 0.6) is 0 Å². The van der Waals surface area contributed by atoms with Gasteiger partial charge < -0.3 is 15.2 Å². The smallest absolute Gasteiger partial charge is 0.0556 e. The number of aliphatic hydroxyl groups excluding tert-OH is 1. The van der Waals surface area contributed by atoms with Crippen LogP contribution < -0.4 is 5.32 Å². The molecule has 1 saturated heterocycles. The molecule has 0 aromatic carbocycles. The van der Waals surface area contributed by atoms with Crippen molar-refractivity contribution in [3.05, 3.63) is 0 Å². The average molecular weight is 159 g/mol. The molecule has 3 heteroatoms. The number of hydrogen-bond donors (Lipinski definition) is 2. The lowest BCUT2D eigenvalue weighted by molar-refractivity contribution is 0.142. The summed E-state index contributed by atoms with van der Waals surface area (Å²) in [6, 6.07) is 0.560. The van der Waals surface area contributed by atoms with E-state index in [1.165, 1.54) is 6.42 Å². The molecule has 1 unspecified atom stereocenters. The zero-order chi connectivity index (χ0) is 7.94. The van der Waals surface area contributed by atoms with Gasteiger partial charge in [0.2, 0.25) is 0 Å². The fraction of sp³-hybridized carbons (Fsp3) is 1.00. The van der Waals surface area contributed by atoms with E-state index in [1.807, 2.05) is 0 Å². The van der Waals surface area contributed by atoms with Crippen LogP contribution in [-0.4, -0.2) is 37.5 Å². The van der Waals surface area contributed by atoms with Crippen molar-refractivity contribution in [2.45, 2.75) is 25.3 Å². The van der Waals surface area contributed by atoms with Crippen LogP contribution in [0, 0.1) is 0 Å². The molecule has 1 fully saturated rings. The molecule has 0 radical (unpaired) electrons. The highest BCUT2D eigenvalue weighted by atomic mass is 16.5. The highest BCUT2D eigenvalue weighted by molar-refractivity contribution is 4.68. The van der Waals surface area contributed by atoms with Gasteiger partial charge in [0.25, 0.3) is 0 Å². The second-order valence-electron chi connectivity index (χ2n) is 2.92. The van der Waals surface area contributed by atoms with Crippen molar-refractivity contribution < 1.29 is 9.84 Å². The van der Waals surface area contributed by atoms with Gasteiger partial charge in [-0.25, -0.2) is 0 Å². The third-order valence-electron chi connectivity index (χ3n) is 2.00. The van der Waals surface area contributed by atoms with E-state index >= 15 is 0 Å². The fourth-order valence-electron chi connectivity index (χ4n) is 1.38. The Morgan fingerprint density at radius 3 is 3.09 bits per heavy atom. The second kappa shape index (κ2) is 5.52.